The topological polar surface area (TPSA) is 66.4 Å². The molecule has 0 fully saturated rings. The summed E-state index contributed by atoms with van der Waals surface area (Å²) in [6, 6.07) is 0.292. The van der Waals surface area contributed by atoms with Crippen LogP contribution in [0.25, 0.3) is 0 Å². The monoisotopic (exact) mass is 233 g/mol. The molecule has 0 aromatic carbocycles. The number of hydrogen-bond donors (Lipinski definition) is 0. The number of aromatic nitrogens is 3. The van der Waals surface area contributed by atoms with Crippen molar-refractivity contribution in [1.29, 1.82) is 0 Å². The molecule has 0 bridgehead atoms. The van der Waals surface area contributed by atoms with Crippen molar-refractivity contribution in [3.8, 4) is 12.0 Å². The molecular weight excluding hydrogens is 222 g/mol. The standard InChI is InChI=1S/C8H12ClN3O3/c1-3-14-7-10-6(9)11-8(12-7)15-5-4-13-2/h3-5H2,1-2H3. The van der Waals surface area contributed by atoms with Gasteiger partial charge in [-0.25, -0.2) is 0 Å². The number of ether oxygens (including phenoxy) is 3. The van der Waals surface area contributed by atoms with E-state index in [0.717, 1.165) is 0 Å². The summed E-state index contributed by atoms with van der Waals surface area (Å²) in [5.74, 6) is 0. The highest BCUT2D eigenvalue weighted by Crippen LogP contribution is 2.12. The van der Waals surface area contributed by atoms with Crippen LogP contribution in [0.4, 0.5) is 0 Å². The molecule has 0 radical (unpaired) electrons. The summed E-state index contributed by atoms with van der Waals surface area (Å²) in [5.41, 5.74) is 0. The average Bonchev–Trinajstić information content (AvgIpc) is 2.18. The van der Waals surface area contributed by atoms with Crippen LogP contribution in [-0.4, -0.2) is 41.9 Å². The fourth-order valence-electron chi connectivity index (χ4n) is 0.789. The minimum Gasteiger partial charge on any atom is -0.464 e. The third-order valence-corrected chi connectivity index (χ3v) is 1.53. The molecule has 1 aromatic rings. The van der Waals surface area contributed by atoms with Gasteiger partial charge in [-0.3, -0.25) is 0 Å². The maximum absolute atomic E-state index is 5.65. The lowest BCUT2D eigenvalue weighted by Crippen LogP contribution is -2.08. The average molecular weight is 234 g/mol. The first kappa shape index (κ1) is 11.9. The van der Waals surface area contributed by atoms with Crippen molar-refractivity contribution < 1.29 is 14.2 Å². The lowest BCUT2D eigenvalue weighted by Gasteiger charge is -2.05. The molecule has 15 heavy (non-hydrogen) atoms. The van der Waals surface area contributed by atoms with Crippen LogP contribution >= 0.6 is 11.6 Å². The molecule has 84 valence electrons. The van der Waals surface area contributed by atoms with Gasteiger partial charge in [-0.1, -0.05) is 0 Å². The fraction of sp³-hybridized carbons (Fsp3) is 0.625. The van der Waals surface area contributed by atoms with Gasteiger partial charge in [-0.15, -0.1) is 4.98 Å². The number of hydrogen-bond acceptors (Lipinski definition) is 6. The van der Waals surface area contributed by atoms with Gasteiger partial charge in [0.2, 0.25) is 5.28 Å². The quantitative estimate of drug-likeness (QED) is 0.682. The predicted molar refractivity (Wildman–Crippen MR) is 53.4 cm³/mol. The number of rotatable bonds is 6. The minimum absolute atomic E-state index is 0.0425. The van der Waals surface area contributed by atoms with E-state index >= 15 is 0 Å². The number of halogens is 1. The molecule has 1 rings (SSSR count). The molecule has 1 heterocycles. The highest BCUT2D eigenvalue weighted by atomic mass is 35.5. The van der Waals surface area contributed by atoms with Crippen LogP contribution in [0.15, 0.2) is 0 Å². The summed E-state index contributed by atoms with van der Waals surface area (Å²) in [6.07, 6.45) is 0. The van der Waals surface area contributed by atoms with Crippen LogP contribution in [0.2, 0.25) is 5.28 Å². The third-order valence-electron chi connectivity index (χ3n) is 1.36. The van der Waals surface area contributed by atoms with E-state index in [1.807, 2.05) is 6.92 Å². The summed E-state index contributed by atoms with van der Waals surface area (Å²) in [4.78, 5) is 11.4. The smallest absolute Gasteiger partial charge is 0.324 e. The SMILES string of the molecule is CCOc1nc(Cl)nc(OCCOC)n1. The molecular formula is C8H12ClN3O3. The second-order valence-electron chi connectivity index (χ2n) is 2.44. The van der Waals surface area contributed by atoms with Crippen LogP contribution in [0.1, 0.15) is 6.92 Å². The van der Waals surface area contributed by atoms with Crippen molar-refractivity contribution in [2.75, 3.05) is 26.9 Å². The zero-order chi connectivity index (χ0) is 11.1. The molecule has 7 heteroatoms. The third kappa shape index (κ3) is 4.26. The van der Waals surface area contributed by atoms with Gasteiger partial charge in [0.25, 0.3) is 0 Å². The Labute approximate surface area is 92.6 Å². The molecule has 0 aliphatic rings. The fourth-order valence-corrected chi connectivity index (χ4v) is 0.934. The molecule has 0 aliphatic heterocycles. The molecule has 0 N–H and O–H groups in total. The van der Waals surface area contributed by atoms with Crippen molar-refractivity contribution in [3.63, 3.8) is 0 Å². The van der Waals surface area contributed by atoms with E-state index in [1.165, 1.54) is 0 Å². The molecule has 0 unspecified atom stereocenters. The Balaban J connectivity index is 2.62. The Kier molecular flexibility index (Phi) is 5.06. The second-order valence-corrected chi connectivity index (χ2v) is 2.78. The van der Waals surface area contributed by atoms with E-state index in [1.54, 1.807) is 7.11 Å². The summed E-state index contributed by atoms with van der Waals surface area (Å²) >= 11 is 5.65. The van der Waals surface area contributed by atoms with Crippen molar-refractivity contribution >= 4 is 11.6 Å². The molecule has 0 amide bonds. The molecule has 1 aromatic heterocycles. The van der Waals surface area contributed by atoms with Gasteiger partial charge in [0.1, 0.15) is 6.61 Å². The summed E-state index contributed by atoms with van der Waals surface area (Å²) < 4.78 is 15.0. The summed E-state index contributed by atoms with van der Waals surface area (Å²) in [5, 5.41) is 0.0425. The van der Waals surface area contributed by atoms with Crippen molar-refractivity contribution in [2.45, 2.75) is 6.92 Å². The lowest BCUT2D eigenvalue weighted by molar-refractivity contribution is 0.139. The Morgan fingerprint density at radius 1 is 1.07 bits per heavy atom. The summed E-state index contributed by atoms with van der Waals surface area (Å²) in [6.45, 7) is 3.08. The largest absolute Gasteiger partial charge is 0.464 e. The highest BCUT2D eigenvalue weighted by molar-refractivity contribution is 6.28. The van der Waals surface area contributed by atoms with Gasteiger partial charge in [-0.2, -0.15) is 9.97 Å². The Hall–Kier alpha value is -1.14. The first-order chi connectivity index (χ1) is 7.26. The Bertz CT molecular complexity index is 311. The van der Waals surface area contributed by atoms with E-state index in [9.17, 15) is 0 Å². The Morgan fingerprint density at radius 2 is 1.73 bits per heavy atom. The Morgan fingerprint density at radius 3 is 2.33 bits per heavy atom. The molecule has 0 aliphatic carbocycles. The van der Waals surface area contributed by atoms with Gasteiger partial charge >= 0.3 is 12.0 Å². The number of methoxy groups -OCH3 is 1. The van der Waals surface area contributed by atoms with Crippen LogP contribution in [-0.2, 0) is 4.74 Å². The molecule has 0 saturated carbocycles. The predicted octanol–water partition coefficient (Wildman–Crippen LogP) is 0.949. The van der Waals surface area contributed by atoms with Gasteiger partial charge in [0.15, 0.2) is 0 Å². The van der Waals surface area contributed by atoms with Gasteiger partial charge in [0.05, 0.1) is 13.2 Å². The zero-order valence-corrected chi connectivity index (χ0v) is 9.32. The maximum atomic E-state index is 5.65. The maximum Gasteiger partial charge on any atom is 0.324 e. The molecule has 0 spiro atoms. The first-order valence-electron chi connectivity index (χ1n) is 4.42. The second kappa shape index (κ2) is 6.36. The van der Waals surface area contributed by atoms with Crippen LogP contribution in [0.5, 0.6) is 12.0 Å². The minimum atomic E-state index is 0.0425. The van der Waals surface area contributed by atoms with Crippen LogP contribution in [0.3, 0.4) is 0 Å². The van der Waals surface area contributed by atoms with E-state index in [0.29, 0.717) is 19.8 Å². The van der Waals surface area contributed by atoms with Crippen molar-refractivity contribution in [1.82, 2.24) is 15.0 Å². The molecule has 0 atom stereocenters. The van der Waals surface area contributed by atoms with E-state index in [2.05, 4.69) is 15.0 Å². The molecule has 6 nitrogen and oxygen atoms in total. The van der Waals surface area contributed by atoms with Crippen LogP contribution < -0.4 is 9.47 Å². The van der Waals surface area contributed by atoms with Gasteiger partial charge in [-0.05, 0) is 18.5 Å². The molecule has 0 saturated heterocycles. The first-order valence-corrected chi connectivity index (χ1v) is 4.80. The van der Waals surface area contributed by atoms with Gasteiger partial charge < -0.3 is 14.2 Å². The van der Waals surface area contributed by atoms with Crippen molar-refractivity contribution in [3.05, 3.63) is 5.28 Å². The van der Waals surface area contributed by atoms with Gasteiger partial charge in [0, 0.05) is 7.11 Å². The van der Waals surface area contributed by atoms with E-state index < -0.39 is 0 Å². The number of nitrogens with zero attached hydrogens (tertiary/aromatic N) is 3. The lowest BCUT2D eigenvalue weighted by atomic mass is 10.8. The summed E-state index contributed by atoms with van der Waals surface area (Å²) in [7, 11) is 1.58. The van der Waals surface area contributed by atoms with Crippen molar-refractivity contribution in [2.24, 2.45) is 0 Å². The normalized spacial score (nSPS) is 10.1. The highest BCUT2D eigenvalue weighted by Gasteiger charge is 2.06. The van der Waals surface area contributed by atoms with E-state index in [4.69, 9.17) is 25.8 Å². The van der Waals surface area contributed by atoms with E-state index in [-0.39, 0.29) is 17.3 Å². The zero-order valence-electron chi connectivity index (χ0n) is 8.57. The van der Waals surface area contributed by atoms with Crippen LogP contribution in [0, 0.1) is 0 Å².